The van der Waals surface area contributed by atoms with Crippen LogP contribution in [0.1, 0.15) is 5.56 Å². The summed E-state index contributed by atoms with van der Waals surface area (Å²) < 4.78 is 13.9. The highest BCUT2D eigenvalue weighted by atomic mass is 35.5. The standard InChI is InChI=1S/C19H19ClFN3O2/c20-16-2-1-3-17(21)15(16)8-12(11-25)10-23-19(26)24-14-5-4-13-6-7-22-18(13)9-14/h1-7,9,12,22,25H,8,10-11H2,(H2,23,24,26). The maximum atomic E-state index is 13.9. The minimum absolute atomic E-state index is 0.192. The molecule has 5 nitrogen and oxygen atoms in total. The van der Waals surface area contributed by atoms with Gasteiger partial charge in [-0.3, -0.25) is 0 Å². The number of hydrogen-bond donors (Lipinski definition) is 4. The molecule has 0 saturated heterocycles. The van der Waals surface area contributed by atoms with Crippen LogP contribution in [-0.4, -0.2) is 29.3 Å². The van der Waals surface area contributed by atoms with E-state index in [4.69, 9.17) is 11.6 Å². The van der Waals surface area contributed by atoms with Crippen molar-refractivity contribution in [3.05, 3.63) is 65.1 Å². The molecule has 2 aromatic carbocycles. The lowest BCUT2D eigenvalue weighted by atomic mass is 9.99. The zero-order chi connectivity index (χ0) is 18.5. The van der Waals surface area contributed by atoms with Gasteiger partial charge in [0.2, 0.25) is 0 Å². The summed E-state index contributed by atoms with van der Waals surface area (Å²) in [7, 11) is 0. The Balaban J connectivity index is 1.56. The summed E-state index contributed by atoms with van der Waals surface area (Å²) in [6.45, 7) is -0.00286. The van der Waals surface area contributed by atoms with Gasteiger partial charge in [-0.25, -0.2) is 9.18 Å². The fraction of sp³-hybridized carbons (Fsp3) is 0.211. The van der Waals surface area contributed by atoms with Crippen LogP contribution in [0.3, 0.4) is 0 Å². The third-order valence-electron chi connectivity index (χ3n) is 4.18. The SMILES string of the molecule is O=C(NCC(CO)Cc1c(F)cccc1Cl)Nc1ccc2cc[nH]c2c1. The summed E-state index contributed by atoms with van der Waals surface area (Å²) in [6, 6.07) is 11.5. The molecular weight excluding hydrogens is 357 g/mol. The molecule has 26 heavy (non-hydrogen) atoms. The molecule has 3 aromatic rings. The number of aliphatic hydroxyl groups is 1. The molecule has 3 rings (SSSR count). The quantitative estimate of drug-likeness (QED) is 0.526. The van der Waals surface area contributed by atoms with Crippen LogP contribution in [0.15, 0.2) is 48.7 Å². The van der Waals surface area contributed by atoms with Crippen LogP contribution in [-0.2, 0) is 6.42 Å². The van der Waals surface area contributed by atoms with Crippen molar-refractivity contribution in [3.8, 4) is 0 Å². The smallest absolute Gasteiger partial charge is 0.319 e. The molecule has 0 spiro atoms. The van der Waals surface area contributed by atoms with E-state index >= 15 is 0 Å². The van der Waals surface area contributed by atoms with E-state index in [1.807, 2.05) is 24.4 Å². The van der Waals surface area contributed by atoms with Gasteiger partial charge >= 0.3 is 6.03 Å². The van der Waals surface area contributed by atoms with Gasteiger partial charge in [0.25, 0.3) is 0 Å². The van der Waals surface area contributed by atoms with Crippen LogP contribution in [0, 0.1) is 11.7 Å². The predicted octanol–water partition coefficient (Wildman–Crippen LogP) is 3.93. The number of rotatable bonds is 6. The average molecular weight is 376 g/mol. The predicted molar refractivity (Wildman–Crippen MR) is 101 cm³/mol. The minimum Gasteiger partial charge on any atom is -0.396 e. The van der Waals surface area contributed by atoms with E-state index in [1.54, 1.807) is 12.1 Å². The van der Waals surface area contributed by atoms with Crippen LogP contribution in [0.5, 0.6) is 0 Å². The number of benzene rings is 2. The second-order valence-electron chi connectivity index (χ2n) is 6.07. The van der Waals surface area contributed by atoms with Crippen LogP contribution in [0.2, 0.25) is 5.02 Å². The highest BCUT2D eigenvalue weighted by molar-refractivity contribution is 6.31. The van der Waals surface area contributed by atoms with Crippen molar-refractivity contribution in [2.24, 2.45) is 5.92 Å². The molecule has 0 saturated carbocycles. The van der Waals surface area contributed by atoms with E-state index in [2.05, 4.69) is 15.6 Å². The Kier molecular flexibility index (Phi) is 5.75. The summed E-state index contributed by atoms with van der Waals surface area (Å²) in [6.07, 6.45) is 2.06. The summed E-state index contributed by atoms with van der Waals surface area (Å²) in [4.78, 5) is 15.2. The van der Waals surface area contributed by atoms with Crippen molar-refractivity contribution in [2.45, 2.75) is 6.42 Å². The number of amides is 2. The maximum absolute atomic E-state index is 13.9. The number of hydrogen-bond acceptors (Lipinski definition) is 2. The Morgan fingerprint density at radius 3 is 2.88 bits per heavy atom. The van der Waals surface area contributed by atoms with Crippen molar-refractivity contribution in [1.82, 2.24) is 10.3 Å². The van der Waals surface area contributed by atoms with Crippen molar-refractivity contribution in [2.75, 3.05) is 18.5 Å². The Labute approximate surface area is 155 Å². The van der Waals surface area contributed by atoms with Gasteiger partial charge in [0.05, 0.1) is 0 Å². The molecule has 4 N–H and O–H groups in total. The summed E-state index contributed by atoms with van der Waals surface area (Å²) >= 11 is 6.01. The number of halogens is 2. The zero-order valence-electron chi connectivity index (χ0n) is 13.9. The molecule has 0 fully saturated rings. The van der Waals surface area contributed by atoms with Crippen molar-refractivity contribution in [1.29, 1.82) is 0 Å². The Morgan fingerprint density at radius 1 is 1.27 bits per heavy atom. The maximum Gasteiger partial charge on any atom is 0.319 e. The molecule has 7 heteroatoms. The van der Waals surface area contributed by atoms with Gasteiger partial charge in [0.15, 0.2) is 0 Å². The first-order chi connectivity index (χ1) is 12.6. The van der Waals surface area contributed by atoms with E-state index in [0.29, 0.717) is 16.3 Å². The molecule has 0 aliphatic rings. The van der Waals surface area contributed by atoms with Gasteiger partial charge in [-0.2, -0.15) is 0 Å². The topological polar surface area (TPSA) is 77.2 Å². The van der Waals surface area contributed by atoms with Crippen molar-refractivity contribution < 1.29 is 14.3 Å². The molecule has 1 aromatic heterocycles. The number of urea groups is 1. The molecule has 1 heterocycles. The van der Waals surface area contributed by atoms with E-state index in [1.165, 1.54) is 12.1 Å². The third-order valence-corrected chi connectivity index (χ3v) is 4.53. The summed E-state index contributed by atoms with van der Waals surface area (Å²) in [5.74, 6) is -0.763. The number of H-pyrrole nitrogens is 1. The van der Waals surface area contributed by atoms with E-state index in [9.17, 15) is 14.3 Å². The number of aromatic amines is 1. The highest BCUT2D eigenvalue weighted by Crippen LogP contribution is 2.22. The van der Waals surface area contributed by atoms with Crippen LogP contribution >= 0.6 is 11.6 Å². The Hall–Kier alpha value is -2.57. The number of aromatic nitrogens is 1. The number of carbonyl (C=O) groups is 1. The number of anilines is 1. The molecular formula is C19H19ClFN3O2. The van der Waals surface area contributed by atoms with Crippen LogP contribution in [0.25, 0.3) is 10.9 Å². The monoisotopic (exact) mass is 375 g/mol. The number of carbonyl (C=O) groups excluding carboxylic acids is 1. The average Bonchev–Trinajstić information content (AvgIpc) is 3.08. The summed E-state index contributed by atoms with van der Waals surface area (Å²) in [5.41, 5.74) is 1.91. The first-order valence-electron chi connectivity index (χ1n) is 8.22. The second kappa shape index (κ2) is 8.21. The van der Waals surface area contributed by atoms with Gasteiger partial charge in [0.1, 0.15) is 5.82 Å². The second-order valence-corrected chi connectivity index (χ2v) is 6.47. The van der Waals surface area contributed by atoms with E-state index in [0.717, 1.165) is 10.9 Å². The van der Waals surface area contributed by atoms with Crippen molar-refractivity contribution in [3.63, 3.8) is 0 Å². The third kappa shape index (κ3) is 4.33. The van der Waals surface area contributed by atoms with E-state index < -0.39 is 11.8 Å². The normalized spacial score (nSPS) is 12.1. The summed E-state index contributed by atoms with van der Waals surface area (Å²) in [5, 5.41) is 16.3. The molecule has 1 atom stereocenters. The fourth-order valence-corrected chi connectivity index (χ4v) is 3.00. The van der Waals surface area contributed by atoms with Crippen LogP contribution in [0.4, 0.5) is 14.9 Å². The Morgan fingerprint density at radius 2 is 2.12 bits per heavy atom. The Bertz CT molecular complexity index is 892. The molecule has 0 aliphatic heterocycles. The van der Waals surface area contributed by atoms with Gasteiger partial charge in [-0.1, -0.05) is 23.7 Å². The first-order valence-corrected chi connectivity index (χ1v) is 8.60. The molecule has 0 aliphatic carbocycles. The number of fused-ring (bicyclic) bond motifs is 1. The lowest BCUT2D eigenvalue weighted by molar-refractivity contribution is 0.217. The lowest BCUT2D eigenvalue weighted by Gasteiger charge is -2.17. The molecule has 1 unspecified atom stereocenters. The largest absolute Gasteiger partial charge is 0.396 e. The van der Waals surface area contributed by atoms with Crippen LogP contribution < -0.4 is 10.6 Å². The first kappa shape index (κ1) is 18.2. The van der Waals surface area contributed by atoms with Gasteiger partial charge in [0, 0.05) is 47.1 Å². The molecule has 0 bridgehead atoms. The number of nitrogens with one attached hydrogen (secondary N) is 3. The van der Waals surface area contributed by atoms with Gasteiger partial charge < -0.3 is 20.7 Å². The zero-order valence-corrected chi connectivity index (χ0v) is 14.7. The molecule has 0 radical (unpaired) electrons. The van der Waals surface area contributed by atoms with Gasteiger partial charge in [-0.15, -0.1) is 0 Å². The van der Waals surface area contributed by atoms with Crippen molar-refractivity contribution >= 4 is 34.2 Å². The number of aliphatic hydroxyl groups excluding tert-OH is 1. The van der Waals surface area contributed by atoms with Gasteiger partial charge in [-0.05, 0) is 42.1 Å². The highest BCUT2D eigenvalue weighted by Gasteiger charge is 2.15. The van der Waals surface area contributed by atoms with E-state index in [-0.39, 0.29) is 25.5 Å². The fourth-order valence-electron chi connectivity index (χ4n) is 2.76. The molecule has 136 valence electrons. The lowest BCUT2D eigenvalue weighted by Crippen LogP contribution is -2.35. The minimum atomic E-state index is -0.417. The molecule has 2 amide bonds.